The second kappa shape index (κ2) is 4.42. The van der Waals surface area contributed by atoms with E-state index in [4.69, 9.17) is 0 Å². The SMILES string of the molecule is Cc1cnc2c(-c3cccc4c(C)cccc34)cnn2c1. The average Bonchev–Trinajstić information content (AvgIpc) is 2.90. The maximum Gasteiger partial charge on any atom is 0.162 e. The summed E-state index contributed by atoms with van der Waals surface area (Å²) in [5.74, 6) is 0. The molecule has 0 radical (unpaired) electrons. The number of benzene rings is 2. The third-order valence-corrected chi connectivity index (χ3v) is 3.92. The Labute approximate surface area is 122 Å². The number of hydrogen-bond donors (Lipinski definition) is 0. The van der Waals surface area contributed by atoms with Gasteiger partial charge in [0.2, 0.25) is 0 Å². The predicted molar refractivity (Wildman–Crippen MR) is 85.4 cm³/mol. The van der Waals surface area contributed by atoms with Crippen LogP contribution in [0.3, 0.4) is 0 Å². The van der Waals surface area contributed by atoms with Crippen LogP contribution in [0.25, 0.3) is 27.5 Å². The summed E-state index contributed by atoms with van der Waals surface area (Å²) in [6.45, 7) is 4.17. The molecule has 0 saturated heterocycles. The highest BCUT2D eigenvalue weighted by atomic mass is 15.2. The molecule has 3 heteroatoms. The van der Waals surface area contributed by atoms with Crippen LogP contribution in [0.5, 0.6) is 0 Å². The zero-order valence-corrected chi connectivity index (χ0v) is 12.0. The van der Waals surface area contributed by atoms with Gasteiger partial charge in [0.25, 0.3) is 0 Å². The quantitative estimate of drug-likeness (QED) is 0.521. The molecule has 0 aliphatic rings. The van der Waals surface area contributed by atoms with Crippen molar-refractivity contribution in [2.24, 2.45) is 0 Å². The zero-order valence-electron chi connectivity index (χ0n) is 12.0. The van der Waals surface area contributed by atoms with Crippen molar-refractivity contribution in [1.82, 2.24) is 14.6 Å². The second-order valence-corrected chi connectivity index (χ2v) is 5.43. The monoisotopic (exact) mass is 273 g/mol. The van der Waals surface area contributed by atoms with Gasteiger partial charge in [-0.05, 0) is 41.3 Å². The summed E-state index contributed by atoms with van der Waals surface area (Å²) in [5.41, 5.74) is 5.55. The first kappa shape index (κ1) is 12.1. The van der Waals surface area contributed by atoms with E-state index >= 15 is 0 Å². The van der Waals surface area contributed by atoms with Crippen LogP contribution in [0, 0.1) is 13.8 Å². The van der Waals surface area contributed by atoms with E-state index in [1.807, 2.05) is 30.0 Å². The zero-order chi connectivity index (χ0) is 14.4. The molecular weight excluding hydrogens is 258 g/mol. The predicted octanol–water partition coefficient (Wildman–Crippen LogP) is 4.17. The molecule has 0 N–H and O–H groups in total. The Morgan fingerprint density at radius 1 is 0.857 bits per heavy atom. The summed E-state index contributed by atoms with van der Waals surface area (Å²) in [6, 6.07) is 12.8. The molecule has 0 aliphatic carbocycles. The van der Waals surface area contributed by atoms with Crippen LogP contribution in [0.2, 0.25) is 0 Å². The standard InChI is InChI=1S/C18H15N3/c1-12-9-19-18-17(10-20-21(18)11-12)16-8-4-6-14-13(2)5-3-7-15(14)16/h3-11H,1-2H3. The van der Waals surface area contributed by atoms with Gasteiger partial charge in [0.15, 0.2) is 5.65 Å². The van der Waals surface area contributed by atoms with Crippen LogP contribution in [-0.2, 0) is 0 Å². The van der Waals surface area contributed by atoms with E-state index in [9.17, 15) is 0 Å². The van der Waals surface area contributed by atoms with E-state index in [1.165, 1.54) is 21.9 Å². The fourth-order valence-electron chi connectivity index (χ4n) is 2.86. The largest absolute Gasteiger partial charge is 0.236 e. The Morgan fingerprint density at radius 3 is 2.57 bits per heavy atom. The minimum Gasteiger partial charge on any atom is -0.236 e. The molecule has 3 nitrogen and oxygen atoms in total. The molecule has 0 bridgehead atoms. The van der Waals surface area contributed by atoms with Gasteiger partial charge in [-0.1, -0.05) is 36.4 Å². The Balaban J connectivity index is 2.07. The molecule has 0 saturated carbocycles. The summed E-state index contributed by atoms with van der Waals surface area (Å²) in [5, 5.41) is 6.96. The molecule has 4 aromatic rings. The molecular formula is C18H15N3. The molecule has 21 heavy (non-hydrogen) atoms. The van der Waals surface area contributed by atoms with Gasteiger partial charge in [-0.2, -0.15) is 5.10 Å². The summed E-state index contributed by atoms with van der Waals surface area (Å²) in [4.78, 5) is 4.55. The van der Waals surface area contributed by atoms with E-state index in [2.05, 4.69) is 53.4 Å². The van der Waals surface area contributed by atoms with Crippen LogP contribution in [0.1, 0.15) is 11.1 Å². The summed E-state index contributed by atoms with van der Waals surface area (Å²) < 4.78 is 1.85. The van der Waals surface area contributed by atoms with E-state index in [1.54, 1.807) is 0 Å². The number of fused-ring (bicyclic) bond motifs is 2. The first-order valence-corrected chi connectivity index (χ1v) is 7.03. The van der Waals surface area contributed by atoms with E-state index < -0.39 is 0 Å². The Bertz CT molecular complexity index is 967. The molecule has 0 amide bonds. The van der Waals surface area contributed by atoms with Crippen molar-refractivity contribution in [3.05, 3.63) is 66.1 Å². The van der Waals surface area contributed by atoms with Crippen molar-refractivity contribution in [2.75, 3.05) is 0 Å². The fraction of sp³-hybridized carbons (Fsp3) is 0.111. The summed E-state index contributed by atoms with van der Waals surface area (Å²) >= 11 is 0. The van der Waals surface area contributed by atoms with Crippen molar-refractivity contribution in [3.8, 4) is 11.1 Å². The Hall–Kier alpha value is -2.68. The van der Waals surface area contributed by atoms with E-state index in [-0.39, 0.29) is 0 Å². The molecule has 2 heterocycles. The molecule has 0 spiro atoms. The van der Waals surface area contributed by atoms with Gasteiger partial charge >= 0.3 is 0 Å². The highest BCUT2D eigenvalue weighted by molar-refractivity contribution is 6.00. The van der Waals surface area contributed by atoms with Crippen molar-refractivity contribution in [3.63, 3.8) is 0 Å². The van der Waals surface area contributed by atoms with Gasteiger partial charge in [-0.15, -0.1) is 0 Å². The van der Waals surface area contributed by atoms with Gasteiger partial charge in [-0.25, -0.2) is 9.50 Å². The van der Waals surface area contributed by atoms with E-state index in [0.29, 0.717) is 0 Å². The lowest BCUT2D eigenvalue weighted by Gasteiger charge is -2.07. The number of aromatic nitrogens is 3. The minimum absolute atomic E-state index is 0.898. The van der Waals surface area contributed by atoms with Crippen LogP contribution in [-0.4, -0.2) is 14.6 Å². The van der Waals surface area contributed by atoms with Crippen LogP contribution in [0.15, 0.2) is 55.0 Å². The lowest BCUT2D eigenvalue weighted by Crippen LogP contribution is -1.91. The van der Waals surface area contributed by atoms with Gasteiger partial charge < -0.3 is 0 Å². The lowest BCUT2D eigenvalue weighted by molar-refractivity contribution is 0.928. The van der Waals surface area contributed by atoms with E-state index in [0.717, 1.165) is 16.8 Å². The number of hydrogen-bond acceptors (Lipinski definition) is 2. The molecule has 0 unspecified atom stereocenters. The maximum atomic E-state index is 4.55. The number of rotatable bonds is 1. The number of aryl methyl sites for hydroxylation is 2. The smallest absolute Gasteiger partial charge is 0.162 e. The lowest BCUT2D eigenvalue weighted by atomic mass is 9.97. The van der Waals surface area contributed by atoms with Crippen molar-refractivity contribution < 1.29 is 0 Å². The minimum atomic E-state index is 0.898. The topological polar surface area (TPSA) is 30.2 Å². The van der Waals surface area contributed by atoms with Crippen LogP contribution >= 0.6 is 0 Å². The molecule has 4 rings (SSSR count). The normalized spacial score (nSPS) is 11.3. The van der Waals surface area contributed by atoms with Gasteiger partial charge in [0, 0.05) is 18.0 Å². The molecule has 0 atom stereocenters. The number of nitrogens with zero attached hydrogens (tertiary/aromatic N) is 3. The van der Waals surface area contributed by atoms with Gasteiger partial charge in [-0.3, -0.25) is 0 Å². The molecule has 0 aliphatic heterocycles. The molecule has 0 fully saturated rings. The molecule has 102 valence electrons. The summed E-state index contributed by atoms with van der Waals surface area (Å²) in [6.07, 6.45) is 5.79. The van der Waals surface area contributed by atoms with Crippen LogP contribution < -0.4 is 0 Å². The molecule has 2 aromatic carbocycles. The third kappa shape index (κ3) is 1.82. The van der Waals surface area contributed by atoms with Crippen LogP contribution in [0.4, 0.5) is 0 Å². The Kier molecular flexibility index (Phi) is 2.54. The first-order valence-electron chi connectivity index (χ1n) is 7.03. The summed E-state index contributed by atoms with van der Waals surface area (Å²) in [7, 11) is 0. The fourth-order valence-corrected chi connectivity index (χ4v) is 2.86. The van der Waals surface area contributed by atoms with Crippen molar-refractivity contribution in [1.29, 1.82) is 0 Å². The highest BCUT2D eigenvalue weighted by Crippen LogP contribution is 2.31. The maximum absolute atomic E-state index is 4.55. The first-order chi connectivity index (χ1) is 10.2. The van der Waals surface area contributed by atoms with Crippen molar-refractivity contribution >= 4 is 16.4 Å². The third-order valence-electron chi connectivity index (χ3n) is 3.92. The second-order valence-electron chi connectivity index (χ2n) is 5.43. The highest BCUT2D eigenvalue weighted by Gasteiger charge is 2.11. The van der Waals surface area contributed by atoms with Crippen molar-refractivity contribution in [2.45, 2.75) is 13.8 Å². The van der Waals surface area contributed by atoms with Gasteiger partial charge in [0.05, 0.1) is 6.20 Å². The molecule has 2 aromatic heterocycles. The Morgan fingerprint density at radius 2 is 1.67 bits per heavy atom. The van der Waals surface area contributed by atoms with Gasteiger partial charge in [0.1, 0.15) is 0 Å². The average molecular weight is 273 g/mol.